The van der Waals surface area contributed by atoms with Crippen molar-refractivity contribution < 1.29 is 4.79 Å². The van der Waals surface area contributed by atoms with Crippen molar-refractivity contribution in [2.45, 2.75) is 13.1 Å². The molecule has 0 amide bonds. The Bertz CT molecular complexity index is 1340. The van der Waals surface area contributed by atoms with Crippen molar-refractivity contribution >= 4 is 40.4 Å². The Labute approximate surface area is 258 Å². The molecule has 0 saturated carbocycles. The van der Waals surface area contributed by atoms with E-state index in [1.165, 1.54) is 22.5 Å². The molecule has 5 nitrogen and oxygen atoms in total. The van der Waals surface area contributed by atoms with Crippen LogP contribution in [0.1, 0.15) is 27.0 Å². The van der Waals surface area contributed by atoms with E-state index < -0.39 is 0 Å². The molecule has 2 aliphatic heterocycles. The van der Waals surface area contributed by atoms with Gasteiger partial charge in [-0.3, -0.25) is 14.6 Å². The zero-order valence-corrected chi connectivity index (χ0v) is 25.3. The van der Waals surface area contributed by atoms with Crippen LogP contribution in [0.5, 0.6) is 0 Å². The zero-order chi connectivity index (χ0) is 28.9. The summed E-state index contributed by atoms with van der Waals surface area (Å²) in [7, 11) is 0. The number of piperazine rings is 2. The van der Waals surface area contributed by atoms with Crippen molar-refractivity contribution in [2.75, 3.05) is 62.2 Å². The van der Waals surface area contributed by atoms with Crippen LogP contribution in [0.3, 0.4) is 0 Å². The third-order valence-corrected chi connectivity index (χ3v) is 8.88. The summed E-state index contributed by atoms with van der Waals surface area (Å²) < 4.78 is 0. The molecule has 0 aromatic heterocycles. The van der Waals surface area contributed by atoms with Gasteiger partial charge in [-0.1, -0.05) is 71.7 Å². The summed E-state index contributed by atoms with van der Waals surface area (Å²) >= 11 is 12.1. The molecule has 216 valence electrons. The molecule has 42 heavy (non-hydrogen) atoms. The fourth-order valence-corrected chi connectivity index (χ4v) is 6.09. The van der Waals surface area contributed by atoms with Gasteiger partial charge in [0.05, 0.1) is 0 Å². The van der Waals surface area contributed by atoms with Crippen molar-refractivity contribution in [1.82, 2.24) is 9.80 Å². The van der Waals surface area contributed by atoms with Gasteiger partial charge in [-0.15, -0.1) is 0 Å². The van der Waals surface area contributed by atoms with Crippen LogP contribution in [0.2, 0.25) is 10.0 Å². The molecule has 2 fully saturated rings. The SMILES string of the molecule is O=C(c1ccc(CN2CCN(c3ccc(Cl)cc3)CC2)cc1)c1ccc(CN2CCN(c3ccc(Cl)cc3)CC2)cc1. The number of carbonyl (C=O) groups is 1. The van der Waals surface area contributed by atoms with Crippen LogP contribution >= 0.6 is 23.2 Å². The second-order valence-corrected chi connectivity index (χ2v) is 12.1. The van der Waals surface area contributed by atoms with Gasteiger partial charge >= 0.3 is 0 Å². The van der Waals surface area contributed by atoms with Gasteiger partial charge < -0.3 is 9.80 Å². The minimum atomic E-state index is 0.0706. The Morgan fingerprint density at radius 2 is 0.810 bits per heavy atom. The number of halogens is 2. The first-order valence-corrected chi connectivity index (χ1v) is 15.4. The lowest BCUT2D eigenvalue weighted by molar-refractivity contribution is 0.103. The highest BCUT2D eigenvalue weighted by Gasteiger charge is 2.19. The highest BCUT2D eigenvalue weighted by molar-refractivity contribution is 6.30. The standard InChI is InChI=1S/C35H36Cl2N4O/c36-31-9-13-33(14-10-31)40-21-17-38(18-22-40)25-27-1-5-29(6-2-27)35(42)30-7-3-28(4-8-30)26-39-19-23-41(24-20-39)34-15-11-32(37)12-16-34/h1-16H,17-26H2. The largest absolute Gasteiger partial charge is 0.369 e. The van der Waals surface area contributed by atoms with Crippen molar-refractivity contribution in [3.63, 3.8) is 0 Å². The van der Waals surface area contributed by atoms with E-state index in [0.717, 1.165) is 86.6 Å². The fraction of sp³-hybridized carbons (Fsp3) is 0.286. The molecule has 0 atom stereocenters. The predicted octanol–water partition coefficient (Wildman–Crippen LogP) is 6.87. The minimum absolute atomic E-state index is 0.0706. The van der Waals surface area contributed by atoms with E-state index in [2.05, 4.69) is 68.1 Å². The van der Waals surface area contributed by atoms with Crippen LogP contribution in [0.25, 0.3) is 0 Å². The summed E-state index contributed by atoms with van der Waals surface area (Å²) in [6.45, 7) is 9.79. The maximum Gasteiger partial charge on any atom is 0.193 e. The van der Waals surface area contributed by atoms with E-state index in [4.69, 9.17) is 23.2 Å². The maximum absolute atomic E-state index is 13.2. The zero-order valence-electron chi connectivity index (χ0n) is 23.8. The third-order valence-electron chi connectivity index (χ3n) is 8.37. The topological polar surface area (TPSA) is 30.0 Å². The lowest BCUT2D eigenvalue weighted by Gasteiger charge is -2.36. The molecule has 4 aromatic rings. The van der Waals surface area contributed by atoms with E-state index in [1.54, 1.807) is 0 Å². The molecular formula is C35H36Cl2N4O. The lowest BCUT2D eigenvalue weighted by Crippen LogP contribution is -2.45. The summed E-state index contributed by atoms with van der Waals surface area (Å²) in [5, 5.41) is 1.54. The monoisotopic (exact) mass is 598 g/mol. The predicted molar refractivity (Wildman–Crippen MR) is 174 cm³/mol. The number of carbonyl (C=O) groups excluding carboxylic acids is 1. The van der Waals surface area contributed by atoms with Gasteiger partial charge in [0.25, 0.3) is 0 Å². The molecular weight excluding hydrogens is 563 g/mol. The Balaban J connectivity index is 0.968. The Kier molecular flexibility index (Phi) is 9.11. The van der Waals surface area contributed by atoms with Gasteiger partial charge in [0, 0.05) is 98.0 Å². The van der Waals surface area contributed by atoms with Crippen molar-refractivity contribution in [1.29, 1.82) is 0 Å². The normalized spacial score (nSPS) is 16.5. The first-order chi connectivity index (χ1) is 20.5. The Morgan fingerprint density at radius 1 is 0.476 bits per heavy atom. The molecule has 2 saturated heterocycles. The maximum atomic E-state index is 13.2. The average Bonchev–Trinajstić information content (AvgIpc) is 3.03. The first-order valence-electron chi connectivity index (χ1n) is 14.7. The Morgan fingerprint density at radius 3 is 1.14 bits per heavy atom. The fourth-order valence-electron chi connectivity index (χ4n) is 5.84. The second-order valence-electron chi connectivity index (χ2n) is 11.2. The van der Waals surface area contributed by atoms with Crippen LogP contribution in [0.15, 0.2) is 97.1 Å². The number of anilines is 2. The van der Waals surface area contributed by atoms with Crippen LogP contribution in [0, 0.1) is 0 Å². The van der Waals surface area contributed by atoms with Crippen molar-refractivity contribution in [3.05, 3.63) is 129 Å². The molecule has 0 radical (unpaired) electrons. The highest BCUT2D eigenvalue weighted by atomic mass is 35.5. The van der Waals surface area contributed by atoms with Gasteiger partial charge in [-0.05, 0) is 59.7 Å². The summed E-state index contributed by atoms with van der Waals surface area (Å²) in [6.07, 6.45) is 0. The van der Waals surface area contributed by atoms with Crippen LogP contribution < -0.4 is 9.80 Å². The number of hydrogen-bond acceptors (Lipinski definition) is 5. The van der Waals surface area contributed by atoms with E-state index in [1.807, 2.05) is 48.5 Å². The number of nitrogens with zero attached hydrogens (tertiary/aromatic N) is 4. The summed E-state index contributed by atoms with van der Waals surface area (Å²) in [5.74, 6) is 0.0706. The molecule has 6 rings (SSSR count). The number of benzene rings is 4. The van der Waals surface area contributed by atoms with E-state index >= 15 is 0 Å². The third kappa shape index (κ3) is 7.16. The molecule has 0 unspecified atom stereocenters. The van der Waals surface area contributed by atoms with Crippen LogP contribution in [0.4, 0.5) is 11.4 Å². The van der Waals surface area contributed by atoms with Crippen molar-refractivity contribution in [2.24, 2.45) is 0 Å². The second kappa shape index (κ2) is 13.3. The molecule has 2 heterocycles. The molecule has 2 aliphatic rings. The van der Waals surface area contributed by atoms with Gasteiger partial charge in [0.2, 0.25) is 0 Å². The quantitative estimate of drug-likeness (QED) is 0.206. The van der Waals surface area contributed by atoms with Gasteiger partial charge in [-0.25, -0.2) is 0 Å². The minimum Gasteiger partial charge on any atom is -0.369 e. The lowest BCUT2D eigenvalue weighted by atomic mass is 10.0. The smallest absolute Gasteiger partial charge is 0.193 e. The molecule has 0 bridgehead atoms. The van der Waals surface area contributed by atoms with E-state index in [-0.39, 0.29) is 5.78 Å². The summed E-state index contributed by atoms with van der Waals surface area (Å²) in [6, 6.07) is 32.4. The first kappa shape index (κ1) is 28.8. The number of ketones is 1. The summed E-state index contributed by atoms with van der Waals surface area (Å²) in [5.41, 5.74) is 6.39. The highest BCUT2D eigenvalue weighted by Crippen LogP contribution is 2.22. The summed E-state index contributed by atoms with van der Waals surface area (Å²) in [4.78, 5) is 22.9. The molecule has 4 aromatic carbocycles. The van der Waals surface area contributed by atoms with Gasteiger partial charge in [0.15, 0.2) is 5.78 Å². The average molecular weight is 600 g/mol. The Hall–Kier alpha value is -3.35. The van der Waals surface area contributed by atoms with E-state index in [0.29, 0.717) is 0 Å². The van der Waals surface area contributed by atoms with Crippen LogP contribution in [-0.2, 0) is 13.1 Å². The van der Waals surface area contributed by atoms with Gasteiger partial charge in [0.1, 0.15) is 0 Å². The van der Waals surface area contributed by atoms with E-state index in [9.17, 15) is 4.79 Å². The molecule has 0 aliphatic carbocycles. The van der Waals surface area contributed by atoms with Gasteiger partial charge in [-0.2, -0.15) is 0 Å². The number of hydrogen-bond donors (Lipinski definition) is 0. The molecule has 0 N–H and O–H groups in total. The number of rotatable bonds is 8. The molecule has 7 heteroatoms. The molecule has 0 spiro atoms. The van der Waals surface area contributed by atoms with Crippen molar-refractivity contribution in [3.8, 4) is 0 Å². The van der Waals surface area contributed by atoms with Crippen LogP contribution in [-0.4, -0.2) is 67.9 Å².